The quantitative estimate of drug-likeness (QED) is 0.750. The predicted octanol–water partition coefficient (Wildman–Crippen LogP) is 3.45. The molecule has 138 valence electrons. The molecule has 1 amide bonds. The van der Waals surface area contributed by atoms with Gasteiger partial charge in [-0.05, 0) is 64.5 Å². The molecule has 0 bridgehead atoms. The normalized spacial score (nSPS) is 20.4. The summed E-state index contributed by atoms with van der Waals surface area (Å²) >= 11 is 6.15. The Hall–Kier alpha value is -1.56. The minimum absolute atomic E-state index is 0.114. The minimum atomic E-state index is -0.483. The molecular formula is C18H27ClN4O2. The summed E-state index contributed by atoms with van der Waals surface area (Å²) in [5.74, 6) is 0.954. The molecule has 2 heterocycles. The van der Waals surface area contributed by atoms with E-state index in [0.717, 1.165) is 50.3 Å². The van der Waals surface area contributed by atoms with Crippen molar-refractivity contribution in [3.8, 4) is 0 Å². The van der Waals surface area contributed by atoms with Crippen molar-refractivity contribution in [2.45, 2.75) is 64.5 Å². The van der Waals surface area contributed by atoms with Crippen molar-refractivity contribution < 1.29 is 9.53 Å². The number of aromatic nitrogens is 2. The van der Waals surface area contributed by atoms with Gasteiger partial charge in [-0.2, -0.15) is 0 Å². The van der Waals surface area contributed by atoms with Crippen molar-refractivity contribution in [3.05, 3.63) is 16.5 Å². The second kappa shape index (κ2) is 6.98. The summed E-state index contributed by atoms with van der Waals surface area (Å²) < 4.78 is 5.48. The van der Waals surface area contributed by atoms with Crippen molar-refractivity contribution in [1.82, 2.24) is 14.9 Å². The van der Waals surface area contributed by atoms with Crippen LogP contribution in [0.15, 0.2) is 0 Å². The third-order valence-electron chi connectivity index (χ3n) is 4.83. The van der Waals surface area contributed by atoms with Gasteiger partial charge in [0, 0.05) is 25.7 Å². The number of fused-ring (bicyclic) bond motifs is 1. The molecule has 3 rings (SSSR count). The number of aryl methyl sites for hydroxylation is 1. The molecular weight excluding hydrogens is 340 g/mol. The highest BCUT2D eigenvalue weighted by Crippen LogP contribution is 2.31. The van der Waals surface area contributed by atoms with Crippen LogP contribution in [0.4, 0.5) is 10.6 Å². The Bertz CT molecular complexity index is 659. The summed E-state index contributed by atoms with van der Waals surface area (Å²) in [7, 11) is 1.81. The lowest BCUT2D eigenvalue weighted by molar-refractivity contribution is 0.0238. The lowest BCUT2D eigenvalue weighted by Gasteiger charge is -2.29. The van der Waals surface area contributed by atoms with Crippen LogP contribution in [0.2, 0.25) is 5.28 Å². The Kier molecular flexibility index (Phi) is 5.09. The number of amides is 1. The molecule has 25 heavy (non-hydrogen) atoms. The zero-order valence-electron chi connectivity index (χ0n) is 15.5. The van der Waals surface area contributed by atoms with Crippen molar-refractivity contribution in [1.29, 1.82) is 0 Å². The zero-order valence-corrected chi connectivity index (χ0v) is 16.3. The van der Waals surface area contributed by atoms with Gasteiger partial charge in [-0.15, -0.1) is 0 Å². The monoisotopic (exact) mass is 366 g/mol. The molecule has 1 saturated heterocycles. The Labute approximate surface area is 154 Å². The van der Waals surface area contributed by atoms with E-state index < -0.39 is 5.60 Å². The van der Waals surface area contributed by atoms with Crippen LogP contribution in [0.25, 0.3) is 0 Å². The van der Waals surface area contributed by atoms with Crippen LogP contribution in [0, 0.1) is 0 Å². The summed E-state index contributed by atoms with van der Waals surface area (Å²) in [6.45, 7) is 7.26. The number of hydrogen-bond acceptors (Lipinski definition) is 5. The third kappa shape index (κ3) is 4.17. The number of hydrogen-bond donors (Lipinski definition) is 0. The van der Waals surface area contributed by atoms with E-state index in [9.17, 15) is 4.79 Å². The molecule has 0 N–H and O–H groups in total. The Balaban J connectivity index is 1.73. The molecule has 1 unspecified atom stereocenters. The number of carbonyl (C=O) groups is 1. The summed E-state index contributed by atoms with van der Waals surface area (Å²) in [5.41, 5.74) is 1.84. The molecule has 1 aliphatic heterocycles. The molecule has 1 aromatic rings. The molecule has 6 nitrogen and oxygen atoms in total. The van der Waals surface area contributed by atoms with E-state index in [1.807, 2.05) is 27.8 Å². The number of anilines is 1. The molecule has 1 atom stereocenters. The highest BCUT2D eigenvalue weighted by Gasteiger charge is 2.33. The van der Waals surface area contributed by atoms with Gasteiger partial charge in [-0.25, -0.2) is 14.8 Å². The largest absolute Gasteiger partial charge is 0.444 e. The first-order chi connectivity index (χ1) is 11.7. The smallest absolute Gasteiger partial charge is 0.410 e. The molecule has 0 saturated carbocycles. The maximum absolute atomic E-state index is 12.3. The predicted molar refractivity (Wildman–Crippen MR) is 98.3 cm³/mol. The van der Waals surface area contributed by atoms with E-state index in [4.69, 9.17) is 16.3 Å². The fourth-order valence-electron chi connectivity index (χ4n) is 3.54. The third-order valence-corrected chi connectivity index (χ3v) is 5.00. The zero-order chi connectivity index (χ0) is 18.2. The van der Waals surface area contributed by atoms with Gasteiger partial charge in [-0.1, -0.05) is 0 Å². The number of likely N-dealkylation sites (N-methyl/N-ethyl adjacent to an activating group) is 1. The molecule has 0 radical (unpaired) electrons. The van der Waals surface area contributed by atoms with E-state index in [1.54, 1.807) is 4.90 Å². The summed E-state index contributed by atoms with van der Waals surface area (Å²) in [6, 6.07) is 0.114. The van der Waals surface area contributed by atoms with Crippen molar-refractivity contribution >= 4 is 23.5 Å². The van der Waals surface area contributed by atoms with Crippen molar-refractivity contribution in [2.24, 2.45) is 0 Å². The summed E-state index contributed by atoms with van der Waals surface area (Å²) in [5, 5.41) is 0.319. The second-order valence-corrected chi connectivity index (χ2v) is 8.27. The summed E-state index contributed by atoms with van der Waals surface area (Å²) in [6.07, 6.45) is 4.92. The highest BCUT2D eigenvalue weighted by atomic mass is 35.5. The van der Waals surface area contributed by atoms with Crippen LogP contribution < -0.4 is 4.90 Å². The molecule has 7 heteroatoms. The maximum Gasteiger partial charge on any atom is 0.410 e. The minimum Gasteiger partial charge on any atom is -0.444 e. The maximum atomic E-state index is 12.3. The first-order valence-electron chi connectivity index (χ1n) is 9.00. The molecule has 1 fully saturated rings. The van der Waals surface area contributed by atoms with Gasteiger partial charge in [0.1, 0.15) is 11.4 Å². The number of halogens is 1. The van der Waals surface area contributed by atoms with E-state index in [1.165, 1.54) is 12.0 Å². The summed E-state index contributed by atoms with van der Waals surface area (Å²) in [4.78, 5) is 25.2. The van der Waals surface area contributed by atoms with Crippen LogP contribution in [0.5, 0.6) is 0 Å². The lowest BCUT2D eigenvalue weighted by Crippen LogP contribution is -2.42. The van der Waals surface area contributed by atoms with Gasteiger partial charge in [0.05, 0.1) is 11.7 Å². The van der Waals surface area contributed by atoms with Gasteiger partial charge < -0.3 is 14.5 Å². The molecule has 1 aliphatic carbocycles. The fraction of sp³-hybridized carbons (Fsp3) is 0.722. The molecule has 1 aromatic heterocycles. The van der Waals surface area contributed by atoms with Crippen molar-refractivity contribution in [2.75, 3.05) is 25.0 Å². The van der Waals surface area contributed by atoms with E-state index in [2.05, 4.69) is 14.9 Å². The first-order valence-corrected chi connectivity index (χ1v) is 9.38. The molecule has 0 aromatic carbocycles. The second-order valence-electron chi connectivity index (χ2n) is 7.93. The van der Waals surface area contributed by atoms with Crippen LogP contribution in [0.1, 0.15) is 51.3 Å². The van der Waals surface area contributed by atoms with Gasteiger partial charge in [0.15, 0.2) is 0 Å². The Morgan fingerprint density at radius 1 is 1.28 bits per heavy atom. The average Bonchev–Trinajstić information content (AvgIpc) is 3.01. The Morgan fingerprint density at radius 2 is 2.00 bits per heavy atom. The van der Waals surface area contributed by atoms with Gasteiger partial charge in [0.25, 0.3) is 0 Å². The average molecular weight is 367 g/mol. The van der Waals surface area contributed by atoms with E-state index in [-0.39, 0.29) is 12.1 Å². The fourth-order valence-corrected chi connectivity index (χ4v) is 3.72. The van der Waals surface area contributed by atoms with Gasteiger partial charge in [-0.3, -0.25) is 0 Å². The standard InChI is InChI=1S/C18H27ClN4O2/c1-18(2,3)25-17(24)22(4)12-9-10-23(11-12)15-13-7-5-6-8-14(13)20-16(19)21-15/h12H,5-11H2,1-4H3. The molecule has 2 aliphatic rings. The number of carbonyl (C=O) groups excluding carboxylic acids is 1. The van der Waals surface area contributed by atoms with E-state index in [0.29, 0.717) is 5.28 Å². The first kappa shape index (κ1) is 18.2. The van der Waals surface area contributed by atoms with Crippen molar-refractivity contribution in [3.63, 3.8) is 0 Å². The SMILES string of the molecule is CN(C(=O)OC(C)(C)C)C1CCN(c2nc(Cl)nc3c2CCCC3)C1. The Morgan fingerprint density at radius 3 is 2.72 bits per heavy atom. The highest BCUT2D eigenvalue weighted by molar-refractivity contribution is 6.28. The molecule has 0 spiro atoms. The van der Waals surface area contributed by atoms with Gasteiger partial charge >= 0.3 is 6.09 Å². The number of ether oxygens (including phenoxy) is 1. The van der Waals surface area contributed by atoms with E-state index >= 15 is 0 Å². The topological polar surface area (TPSA) is 58.6 Å². The number of rotatable bonds is 2. The lowest BCUT2D eigenvalue weighted by atomic mass is 9.96. The van der Waals surface area contributed by atoms with Crippen LogP contribution in [0.3, 0.4) is 0 Å². The van der Waals surface area contributed by atoms with Crippen LogP contribution in [-0.4, -0.2) is 52.7 Å². The van der Waals surface area contributed by atoms with Gasteiger partial charge in [0.2, 0.25) is 5.28 Å². The number of nitrogens with zero attached hydrogens (tertiary/aromatic N) is 4. The van der Waals surface area contributed by atoms with Crippen LogP contribution in [-0.2, 0) is 17.6 Å². The van der Waals surface area contributed by atoms with Crippen LogP contribution >= 0.6 is 11.6 Å².